The average molecular weight is 503 g/mol. The lowest BCUT2D eigenvalue weighted by atomic mass is 10.1. The number of amides is 1. The van der Waals surface area contributed by atoms with E-state index in [9.17, 15) is 4.79 Å². The first-order chi connectivity index (χ1) is 18.5. The Balaban J connectivity index is 1.45. The van der Waals surface area contributed by atoms with Gasteiger partial charge in [-0.05, 0) is 43.3 Å². The normalized spacial score (nSPS) is 11.8. The zero-order chi connectivity index (χ0) is 26.2. The topological polar surface area (TPSA) is 123 Å². The molecule has 4 N–H and O–H groups in total. The number of carbonyl (C=O) groups excluding carboxylic acids is 1. The number of nitrogens with one attached hydrogen (secondary N) is 2. The van der Waals surface area contributed by atoms with E-state index in [1.165, 1.54) is 4.52 Å². The molecule has 4 aromatic heterocycles. The Bertz CT molecular complexity index is 1870. The molecule has 0 spiro atoms. The number of nitrogens with two attached hydrogens (primary N) is 1. The van der Waals surface area contributed by atoms with Crippen molar-refractivity contribution < 1.29 is 9.36 Å². The number of aromatic amines is 1. The molecule has 0 aliphatic heterocycles. The van der Waals surface area contributed by atoms with Gasteiger partial charge in [-0.1, -0.05) is 36.1 Å². The van der Waals surface area contributed by atoms with E-state index in [0.29, 0.717) is 5.65 Å². The van der Waals surface area contributed by atoms with Gasteiger partial charge < -0.3 is 11.1 Å². The van der Waals surface area contributed by atoms with E-state index < -0.39 is 6.04 Å². The Morgan fingerprint density at radius 2 is 1.92 bits per heavy atom. The fraction of sp³-hybridized carbons (Fsp3) is 0.107. The molecule has 0 fully saturated rings. The van der Waals surface area contributed by atoms with Crippen LogP contribution in [0.25, 0.3) is 22.4 Å². The molecule has 0 aliphatic rings. The van der Waals surface area contributed by atoms with Gasteiger partial charge in [0.2, 0.25) is 0 Å². The maximum Gasteiger partial charge on any atom is 0.283 e. The Morgan fingerprint density at radius 1 is 1.08 bits per heavy atom. The number of aromatic nitrogens is 7. The Hall–Kier alpha value is -5.43. The highest BCUT2D eigenvalue weighted by Crippen LogP contribution is 2.22. The van der Waals surface area contributed by atoms with E-state index >= 15 is 0 Å². The van der Waals surface area contributed by atoms with Crippen molar-refractivity contribution in [2.75, 3.05) is 5.73 Å². The van der Waals surface area contributed by atoms with Crippen LogP contribution in [0.5, 0.6) is 0 Å². The van der Waals surface area contributed by atoms with E-state index in [4.69, 9.17) is 5.73 Å². The smallest absolute Gasteiger partial charge is 0.283 e. The Morgan fingerprint density at radius 3 is 2.71 bits per heavy atom. The first kappa shape index (κ1) is 23.0. The van der Waals surface area contributed by atoms with Gasteiger partial charge in [-0.25, -0.2) is 14.5 Å². The van der Waals surface area contributed by atoms with E-state index in [1.807, 2.05) is 68.7 Å². The predicted molar refractivity (Wildman–Crippen MR) is 142 cm³/mol. The number of para-hydroxylation sites is 2. The maximum atomic E-state index is 13.4. The molecule has 0 saturated carbocycles. The molecule has 10 nitrogen and oxygen atoms in total. The van der Waals surface area contributed by atoms with Crippen LogP contribution >= 0.6 is 0 Å². The number of fused-ring (bicyclic) bond motifs is 2. The van der Waals surface area contributed by atoms with Crippen LogP contribution in [0.4, 0.5) is 5.82 Å². The van der Waals surface area contributed by atoms with E-state index in [1.54, 1.807) is 29.2 Å². The molecule has 4 heterocycles. The van der Waals surface area contributed by atoms with E-state index in [2.05, 4.69) is 41.9 Å². The summed E-state index contributed by atoms with van der Waals surface area (Å²) in [6.07, 6.45) is 5.20. The van der Waals surface area contributed by atoms with Gasteiger partial charge >= 0.3 is 0 Å². The minimum atomic E-state index is -0.428. The van der Waals surface area contributed by atoms with Crippen LogP contribution in [0.1, 0.15) is 40.4 Å². The van der Waals surface area contributed by atoms with Crippen LogP contribution in [0.2, 0.25) is 0 Å². The summed E-state index contributed by atoms with van der Waals surface area (Å²) in [4.78, 5) is 21.1. The lowest BCUT2D eigenvalue weighted by Gasteiger charge is -2.11. The van der Waals surface area contributed by atoms with Crippen molar-refractivity contribution in [1.29, 1.82) is 0 Å². The quantitative estimate of drug-likeness (QED) is 0.253. The van der Waals surface area contributed by atoms with Gasteiger partial charge in [-0.2, -0.15) is 14.8 Å². The molecule has 10 heteroatoms. The number of aryl methyl sites for hydroxylation is 1. The number of nitrogen functional groups attached to an aromatic ring is 1. The van der Waals surface area contributed by atoms with Gasteiger partial charge in [-0.15, -0.1) is 0 Å². The van der Waals surface area contributed by atoms with E-state index in [0.717, 1.165) is 33.7 Å². The summed E-state index contributed by atoms with van der Waals surface area (Å²) >= 11 is 0. The van der Waals surface area contributed by atoms with Crippen molar-refractivity contribution in [3.63, 3.8) is 0 Å². The summed E-state index contributed by atoms with van der Waals surface area (Å²) in [6.45, 7) is 1.91. The SMILES string of the molecule is C[C@H](NC(=O)c1c(N)nc2cccnn12)c1[nH]c2cccc(C#Cc3cnn(C)c3)c2[n+]1-c1ccccc1. The molecule has 0 saturated heterocycles. The third-order valence-electron chi connectivity index (χ3n) is 6.22. The lowest BCUT2D eigenvalue weighted by Crippen LogP contribution is -2.40. The molecule has 0 unspecified atom stereocenters. The number of hydrogen-bond acceptors (Lipinski definition) is 5. The molecule has 6 aromatic rings. The van der Waals surface area contributed by atoms with Crippen LogP contribution in [0.15, 0.2) is 79.3 Å². The first-order valence-corrected chi connectivity index (χ1v) is 12.0. The standard InChI is InChI=1S/C28H23N9O/c1-18(32-28(38)25-26(29)34-23-12-7-15-30-37(23)25)27-33-22-11-6-8-20(14-13-19-16-31-35(2)17-19)24(22)36(27)21-9-4-3-5-10-21/h3-12,15-18H,1-2H3,(H3,29,32,38)/p+1/t18-/m0/s1. The number of H-pyrrole nitrogens is 1. The minimum absolute atomic E-state index is 0.119. The predicted octanol–water partition coefficient (Wildman–Crippen LogP) is 2.69. The third-order valence-corrected chi connectivity index (χ3v) is 6.22. The summed E-state index contributed by atoms with van der Waals surface area (Å²) in [5, 5.41) is 11.5. The van der Waals surface area contributed by atoms with Gasteiger partial charge in [-0.3, -0.25) is 9.48 Å². The maximum absolute atomic E-state index is 13.4. The zero-order valence-corrected chi connectivity index (χ0v) is 20.8. The Kier molecular flexibility index (Phi) is 5.58. The van der Waals surface area contributed by atoms with Gasteiger partial charge in [0.25, 0.3) is 11.7 Å². The number of nitrogens with zero attached hydrogens (tertiary/aromatic N) is 6. The second kappa shape index (κ2) is 9.22. The molecule has 186 valence electrons. The second-order valence-corrected chi connectivity index (χ2v) is 8.87. The summed E-state index contributed by atoms with van der Waals surface area (Å²) in [6, 6.07) is 18.9. The number of anilines is 1. The second-order valence-electron chi connectivity index (χ2n) is 8.87. The minimum Gasteiger partial charge on any atom is -0.382 e. The highest BCUT2D eigenvalue weighted by atomic mass is 16.2. The van der Waals surface area contributed by atoms with Gasteiger partial charge in [0.05, 0.1) is 17.3 Å². The van der Waals surface area contributed by atoms with Crippen molar-refractivity contribution in [3.8, 4) is 17.5 Å². The van der Waals surface area contributed by atoms with Gasteiger partial charge in [0.1, 0.15) is 11.7 Å². The molecule has 0 radical (unpaired) electrons. The number of rotatable bonds is 4. The summed E-state index contributed by atoms with van der Waals surface area (Å²) in [5.41, 5.74) is 11.2. The largest absolute Gasteiger partial charge is 0.382 e. The molecule has 38 heavy (non-hydrogen) atoms. The highest BCUT2D eigenvalue weighted by molar-refractivity contribution is 5.98. The molecule has 2 aromatic carbocycles. The summed E-state index contributed by atoms with van der Waals surface area (Å²) in [7, 11) is 1.86. The number of carbonyl (C=O) groups is 1. The fourth-order valence-electron chi connectivity index (χ4n) is 4.52. The number of hydrogen-bond donors (Lipinski definition) is 3. The molecular formula is C28H24N9O+. The summed E-state index contributed by atoms with van der Waals surface area (Å²) < 4.78 is 5.25. The van der Waals surface area contributed by atoms with Crippen LogP contribution in [0, 0.1) is 11.8 Å². The molecule has 1 amide bonds. The van der Waals surface area contributed by atoms with Crippen LogP contribution in [-0.2, 0) is 7.05 Å². The van der Waals surface area contributed by atoms with E-state index in [-0.39, 0.29) is 17.4 Å². The number of imidazole rings is 2. The zero-order valence-electron chi connectivity index (χ0n) is 20.8. The number of benzene rings is 2. The van der Waals surface area contributed by atoms with Crippen molar-refractivity contribution in [2.24, 2.45) is 7.05 Å². The molecule has 0 bridgehead atoms. The molecule has 1 atom stereocenters. The van der Waals surface area contributed by atoms with Crippen molar-refractivity contribution >= 4 is 28.4 Å². The average Bonchev–Trinajstić information content (AvgIpc) is 3.62. The van der Waals surface area contributed by atoms with Crippen molar-refractivity contribution in [3.05, 3.63) is 102 Å². The molecular weight excluding hydrogens is 478 g/mol. The first-order valence-electron chi connectivity index (χ1n) is 12.0. The summed E-state index contributed by atoms with van der Waals surface area (Å²) in [5.74, 6) is 7.02. The van der Waals surface area contributed by atoms with Crippen LogP contribution in [0.3, 0.4) is 0 Å². The van der Waals surface area contributed by atoms with Gasteiger partial charge in [0.15, 0.2) is 28.2 Å². The lowest BCUT2D eigenvalue weighted by molar-refractivity contribution is -0.578. The molecule has 0 aliphatic carbocycles. The van der Waals surface area contributed by atoms with Crippen molar-refractivity contribution in [2.45, 2.75) is 13.0 Å². The highest BCUT2D eigenvalue weighted by Gasteiger charge is 2.29. The monoisotopic (exact) mass is 502 g/mol. The Labute approximate surface area is 217 Å². The van der Waals surface area contributed by atoms with Crippen molar-refractivity contribution in [1.82, 2.24) is 34.7 Å². The third kappa shape index (κ3) is 4.02. The van der Waals surface area contributed by atoms with Crippen LogP contribution < -0.4 is 15.6 Å². The van der Waals surface area contributed by atoms with Crippen LogP contribution in [-0.4, -0.2) is 35.3 Å². The van der Waals surface area contributed by atoms with Gasteiger partial charge in [0, 0.05) is 19.4 Å². The fourth-order valence-corrected chi connectivity index (χ4v) is 4.52. The molecule has 6 rings (SSSR count).